The van der Waals surface area contributed by atoms with Crippen molar-refractivity contribution in [2.75, 3.05) is 31.2 Å². The number of hydrogen-bond acceptors (Lipinski definition) is 4. The van der Waals surface area contributed by atoms with Crippen LogP contribution in [0, 0.1) is 0 Å². The van der Waals surface area contributed by atoms with Crippen LogP contribution in [0.1, 0.15) is 6.42 Å². The third-order valence-electron chi connectivity index (χ3n) is 3.32. The first-order chi connectivity index (χ1) is 9.34. The molecule has 1 amide bonds. The van der Waals surface area contributed by atoms with E-state index in [4.69, 9.17) is 9.47 Å². The fourth-order valence-electron chi connectivity index (χ4n) is 2.31. The van der Waals surface area contributed by atoms with Crippen molar-refractivity contribution in [1.29, 1.82) is 0 Å². The molecule has 2 aliphatic rings. The zero-order valence-corrected chi connectivity index (χ0v) is 11.5. The fraction of sp³-hybridized carbons (Fsp3) is 0.500. The normalized spacial score (nSPS) is 22.7. The van der Waals surface area contributed by atoms with Gasteiger partial charge in [0.2, 0.25) is 6.10 Å². The Morgan fingerprint density at radius 2 is 2.05 bits per heavy atom. The molecular formula is C14H17NO3S. The van der Waals surface area contributed by atoms with Gasteiger partial charge < -0.3 is 14.4 Å². The molecule has 0 bridgehead atoms. The van der Waals surface area contributed by atoms with E-state index >= 15 is 0 Å². The van der Waals surface area contributed by atoms with Crippen molar-refractivity contribution in [3.63, 3.8) is 0 Å². The summed E-state index contributed by atoms with van der Waals surface area (Å²) < 4.78 is 11.4. The molecule has 0 radical (unpaired) electrons. The molecule has 0 aliphatic carbocycles. The van der Waals surface area contributed by atoms with E-state index in [1.165, 1.54) is 0 Å². The van der Waals surface area contributed by atoms with Gasteiger partial charge in [0.25, 0.3) is 5.91 Å². The van der Waals surface area contributed by atoms with Gasteiger partial charge in [-0.25, -0.2) is 0 Å². The molecule has 19 heavy (non-hydrogen) atoms. The van der Waals surface area contributed by atoms with E-state index in [0.29, 0.717) is 12.4 Å². The number of fused-ring (bicyclic) bond motifs is 1. The van der Waals surface area contributed by atoms with E-state index in [0.717, 1.165) is 36.8 Å². The lowest BCUT2D eigenvalue weighted by Gasteiger charge is -2.30. The molecule has 102 valence electrons. The number of ether oxygens (including phenoxy) is 2. The SMILES string of the molecule is O=C([C@H]1COc2ccccc2O1)N1CCCSCC1. The highest BCUT2D eigenvalue weighted by molar-refractivity contribution is 7.99. The summed E-state index contributed by atoms with van der Waals surface area (Å²) in [6.07, 6.45) is 0.554. The molecule has 3 rings (SSSR count). The summed E-state index contributed by atoms with van der Waals surface area (Å²) in [4.78, 5) is 14.3. The summed E-state index contributed by atoms with van der Waals surface area (Å²) in [6, 6.07) is 7.49. The van der Waals surface area contributed by atoms with E-state index in [1.54, 1.807) is 0 Å². The number of rotatable bonds is 1. The Balaban J connectivity index is 1.68. The maximum Gasteiger partial charge on any atom is 0.267 e. The maximum atomic E-state index is 12.4. The Bertz CT molecular complexity index is 458. The van der Waals surface area contributed by atoms with E-state index < -0.39 is 6.10 Å². The number of thioether (sulfide) groups is 1. The Morgan fingerprint density at radius 1 is 1.21 bits per heavy atom. The third-order valence-corrected chi connectivity index (χ3v) is 4.37. The average Bonchev–Trinajstić information content (AvgIpc) is 2.75. The topological polar surface area (TPSA) is 38.8 Å². The predicted molar refractivity (Wildman–Crippen MR) is 74.9 cm³/mol. The van der Waals surface area contributed by atoms with Crippen molar-refractivity contribution in [1.82, 2.24) is 4.90 Å². The largest absolute Gasteiger partial charge is 0.485 e. The van der Waals surface area contributed by atoms with Gasteiger partial charge in [0.05, 0.1) is 0 Å². The number of para-hydroxylation sites is 2. The van der Waals surface area contributed by atoms with Gasteiger partial charge in [0, 0.05) is 18.8 Å². The van der Waals surface area contributed by atoms with Gasteiger partial charge in [-0.15, -0.1) is 0 Å². The highest BCUT2D eigenvalue weighted by atomic mass is 32.2. The molecule has 1 aromatic rings. The number of amides is 1. The molecular weight excluding hydrogens is 262 g/mol. The first kappa shape index (κ1) is 12.7. The van der Waals surface area contributed by atoms with Crippen LogP contribution in [-0.2, 0) is 4.79 Å². The standard InChI is InChI=1S/C14H17NO3S/c16-14(15-6-3-8-19-9-7-15)13-10-17-11-4-1-2-5-12(11)18-13/h1-2,4-5,13H,3,6-10H2/t13-/m1/s1. The van der Waals surface area contributed by atoms with Crippen LogP contribution in [-0.4, -0.2) is 48.1 Å². The van der Waals surface area contributed by atoms with Gasteiger partial charge in [0.15, 0.2) is 11.5 Å². The van der Waals surface area contributed by atoms with Crippen molar-refractivity contribution < 1.29 is 14.3 Å². The van der Waals surface area contributed by atoms with E-state index in [-0.39, 0.29) is 5.91 Å². The minimum absolute atomic E-state index is 0.0528. The molecule has 2 aliphatic heterocycles. The van der Waals surface area contributed by atoms with Gasteiger partial charge >= 0.3 is 0 Å². The zero-order valence-electron chi connectivity index (χ0n) is 10.7. The monoisotopic (exact) mass is 279 g/mol. The van der Waals surface area contributed by atoms with Crippen LogP contribution in [0.2, 0.25) is 0 Å². The molecule has 2 heterocycles. The summed E-state index contributed by atoms with van der Waals surface area (Å²) in [7, 11) is 0. The number of nitrogens with zero attached hydrogens (tertiary/aromatic N) is 1. The molecule has 1 fully saturated rings. The van der Waals surface area contributed by atoms with Crippen LogP contribution >= 0.6 is 11.8 Å². The Morgan fingerprint density at radius 3 is 2.95 bits per heavy atom. The molecule has 4 nitrogen and oxygen atoms in total. The molecule has 1 aromatic carbocycles. The molecule has 5 heteroatoms. The second-order valence-electron chi connectivity index (χ2n) is 4.66. The van der Waals surface area contributed by atoms with Gasteiger partial charge in [-0.3, -0.25) is 4.79 Å². The van der Waals surface area contributed by atoms with Crippen molar-refractivity contribution in [2.45, 2.75) is 12.5 Å². The van der Waals surface area contributed by atoms with Crippen LogP contribution in [0.3, 0.4) is 0 Å². The van der Waals surface area contributed by atoms with Crippen LogP contribution in [0.5, 0.6) is 11.5 Å². The van der Waals surface area contributed by atoms with Crippen molar-refractivity contribution >= 4 is 17.7 Å². The number of carbonyl (C=O) groups is 1. The fourth-order valence-corrected chi connectivity index (χ4v) is 3.20. The Hall–Kier alpha value is -1.36. The summed E-state index contributed by atoms with van der Waals surface area (Å²) >= 11 is 1.91. The average molecular weight is 279 g/mol. The number of carbonyl (C=O) groups excluding carboxylic acids is 1. The summed E-state index contributed by atoms with van der Waals surface area (Å²) in [5.41, 5.74) is 0. The van der Waals surface area contributed by atoms with E-state index in [9.17, 15) is 4.79 Å². The summed E-state index contributed by atoms with van der Waals surface area (Å²) in [6.45, 7) is 1.94. The lowest BCUT2D eigenvalue weighted by atomic mass is 10.2. The molecule has 1 saturated heterocycles. The Labute approximate surface area is 117 Å². The van der Waals surface area contributed by atoms with Crippen molar-refractivity contribution in [3.8, 4) is 11.5 Å². The van der Waals surface area contributed by atoms with Crippen LogP contribution in [0.4, 0.5) is 0 Å². The predicted octanol–water partition coefficient (Wildman–Crippen LogP) is 1.79. The quantitative estimate of drug-likeness (QED) is 0.785. The van der Waals surface area contributed by atoms with Gasteiger partial charge in [-0.05, 0) is 24.3 Å². The molecule has 0 N–H and O–H groups in total. The smallest absolute Gasteiger partial charge is 0.267 e. The van der Waals surface area contributed by atoms with E-state index in [2.05, 4.69) is 0 Å². The second kappa shape index (κ2) is 5.74. The highest BCUT2D eigenvalue weighted by Crippen LogP contribution is 2.31. The van der Waals surface area contributed by atoms with E-state index in [1.807, 2.05) is 40.9 Å². The number of benzene rings is 1. The summed E-state index contributed by atoms with van der Waals surface area (Å²) in [5, 5.41) is 0. The van der Waals surface area contributed by atoms with Crippen LogP contribution in [0.25, 0.3) is 0 Å². The molecule has 0 saturated carbocycles. The molecule has 0 aromatic heterocycles. The maximum absolute atomic E-state index is 12.4. The Kier molecular flexibility index (Phi) is 3.82. The van der Waals surface area contributed by atoms with Gasteiger partial charge in [-0.2, -0.15) is 11.8 Å². The molecule has 0 unspecified atom stereocenters. The second-order valence-corrected chi connectivity index (χ2v) is 5.88. The van der Waals surface area contributed by atoms with Crippen molar-refractivity contribution in [2.24, 2.45) is 0 Å². The molecule has 1 atom stereocenters. The number of hydrogen-bond donors (Lipinski definition) is 0. The molecule has 0 spiro atoms. The summed E-state index contributed by atoms with van der Waals surface area (Å²) in [5.74, 6) is 3.58. The first-order valence-corrected chi connectivity index (χ1v) is 7.75. The van der Waals surface area contributed by atoms with Crippen molar-refractivity contribution in [3.05, 3.63) is 24.3 Å². The highest BCUT2D eigenvalue weighted by Gasteiger charge is 2.31. The van der Waals surface area contributed by atoms with Crippen LogP contribution in [0.15, 0.2) is 24.3 Å². The lowest BCUT2D eigenvalue weighted by molar-refractivity contribution is -0.140. The minimum atomic E-state index is -0.502. The minimum Gasteiger partial charge on any atom is -0.485 e. The van der Waals surface area contributed by atoms with Gasteiger partial charge in [-0.1, -0.05) is 12.1 Å². The lowest BCUT2D eigenvalue weighted by Crippen LogP contribution is -2.47. The van der Waals surface area contributed by atoms with Gasteiger partial charge in [0.1, 0.15) is 6.61 Å². The third kappa shape index (κ3) is 2.81. The first-order valence-electron chi connectivity index (χ1n) is 6.59. The zero-order chi connectivity index (χ0) is 13.1. The van der Waals surface area contributed by atoms with Crippen LogP contribution < -0.4 is 9.47 Å².